The van der Waals surface area contributed by atoms with Crippen LogP contribution in [0.1, 0.15) is 33.6 Å². The minimum atomic E-state index is -0.0865. The summed E-state index contributed by atoms with van der Waals surface area (Å²) in [6, 6.07) is 12.3. The Hall–Kier alpha value is -3.26. The van der Waals surface area contributed by atoms with Crippen LogP contribution in [-0.4, -0.2) is 38.7 Å². The molecule has 3 atom stereocenters. The molecular weight excluding hydrogens is 396 g/mol. The number of amides is 1. The van der Waals surface area contributed by atoms with Crippen LogP contribution < -0.4 is 10.2 Å². The number of hydrogen-bond donors (Lipinski definition) is 1. The van der Waals surface area contributed by atoms with Gasteiger partial charge in [-0.1, -0.05) is 24.3 Å². The van der Waals surface area contributed by atoms with Gasteiger partial charge < -0.3 is 10.2 Å². The molecule has 7 nitrogen and oxygen atoms in total. The van der Waals surface area contributed by atoms with Crippen molar-refractivity contribution in [3.8, 4) is 0 Å². The molecule has 1 aromatic carbocycles. The predicted octanol–water partition coefficient (Wildman–Crippen LogP) is 3.13. The van der Waals surface area contributed by atoms with Crippen LogP contribution in [0.3, 0.4) is 0 Å². The van der Waals surface area contributed by atoms with Gasteiger partial charge in [0.2, 0.25) is 0 Å². The number of anilines is 1. The summed E-state index contributed by atoms with van der Waals surface area (Å²) in [6.45, 7) is 1.74. The van der Waals surface area contributed by atoms with Gasteiger partial charge in [0.05, 0.1) is 16.3 Å². The zero-order valence-electron chi connectivity index (χ0n) is 16.4. The fourth-order valence-electron chi connectivity index (χ4n) is 5.03. The first-order valence-electron chi connectivity index (χ1n) is 10.0. The number of rotatable bonds is 3. The van der Waals surface area contributed by atoms with E-state index in [1.165, 1.54) is 11.1 Å². The fraction of sp³-hybridized carbons (Fsp3) is 0.273. The second-order valence-corrected chi connectivity index (χ2v) is 8.84. The second kappa shape index (κ2) is 6.63. The summed E-state index contributed by atoms with van der Waals surface area (Å²) < 4.78 is 2.74. The quantitative estimate of drug-likeness (QED) is 0.555. The topological polar surface area (TPSA) is 75.9 Å². The number of nitrogens with zero attached hydrogens (tertiary/aromatic N) is 5. The molecule has 4 heterocycles. The fourth-order valence-corrected chi connectivity index (χ4v) is 5.89. The summed E-state index contributed by atoms with van der Waals surface area (Å²) in [5.41, 5.74) is 4.12. The number of carbonyl (C=O) groups excluding carboxylic acids is 1. The van der Waals surface area contributed by atoms with E-state index in [2.05, 4.69) is 54.9 Å². The molecule has 1 aliphatic heterocycles. The number of aryl methyl sites for hydroxylation is 1. The standard InChI is InChI=1S/C22H20N6OS/c1-27-18(6-8-25-27)22(29)26-19-14-5-3-2-4-13(14)15-10-28(11-16(15)19)21-20-17(7-9-30-20)23-12-24-21/h2-9,12,15-16,19H,10-11H2,1H3,(H,26,29)/t15-,16-,19+/m0/s1. The Bertz CT molecular complexity index is 1260. The van der Waals surface area contributed by atoms with Gasteiger partial charge in [-0.15, -0.1) is 11.3 Å². The van der Waals surface area contributed by atoms with Gasteiger partial charge in [-0.25, -0.2) is 9.97 Å². The third-order valence-electron chi connectivity index (χ3n) is 6.39. The average molecular weight is 417 g/mol. The van der Waals surface area contributed by atoms with Crippen molar-refractivity contribution in [2.24, 2.45) is 13.0 Å². The lowest BCUT2D eigenvalue weighted by Gasteiger charge is -2.23. The smallest absolute Gasteiger partial charge is 0.270 e. The maximum Gasteiger partial charge on any atom is 0.270 e. The average Bonchev–Trinajstić information content (AvgIpc) is 3.52. The largest absolute Gasteiger partial charge is 0.354 e. The number of fused-ring (bicyclic) bond motifs is 4. The van der Waals surface area contributed by atoms with Crippen LogP contribution in [0.4, 0.5) is 5.82 Å². The maximum atomic E-state index is 13.0. The summed E-state index contributed by atoms with van der Waals surface area (Å²) >= 11 is 1.68. The summed E-state index contributed by atoms with van der Waals surface area (Å²) in [6.07, 6.45) is 3.30. The van der Waals surface area contributed by atoms with E-state index in [0.717, 1.165) is 29.1 Å². The Balaban J connectivity index is 1.35. The van der Waals surface area contributed by atoms with Gasteiger partial charge in [-0.2, -0.15) is 5.10 Å². The van der Waals surface area contributed by atoms with Crippen molar-refractivity contribution in [1.82, 2.24) is 25.1 Å². The Morgan fingerprint density at radius 2 is 2.00 bits per heavy atom. The molecular formula is C22H20N6OS. The van der Waals surface area contributed by atoms with Crippen molar-refractivity contribution in [2.75, 3.05) is 18.0 Å². The van der Waals surface area contributed by atoms with E-state index in [9.17, 15) is 4.79 Å². The molecule has 30 heavy (non-hydrogen) atoms. The molecule has 3 aromatic heterocycles. The van der Waals surface area contributed by atoms with Crippen LogP contribution in [-0.2, 0) is 7.05 Å². The van der Waals surface area contributed by atoms with E-state index in [0.29, 0.717) is 17.5 Å². The minimum Gasteiger partial charge on any atom is -0.354 e. The van der Waals surface area contributed by atoms with Gasteiger partial charge in [0.15, 0.2) is 0 Å². The molecule has 150 valence electrons. The Kier molecular flexibility index (Phi) is 3.89. The zero-order valence-corrected chi connectivity index (χ0v) is 17.2. The number of hydrogen-bond acceptors (Lipinski definition) is 6. The van der Waals surface area contributed by atoms with Crippen molar-refractivity contribution in [1.29, 1.82) is 0 Å². The Morgan fingerprint density at radius 3 is 2.83 bits per heavy atom. The molecule has 2 aliphatic rings. The van der Waals surface area contributed by atoms with Gasteiger partial charge in [0, 0.05) is 38.2 Å². The molecule has 1 amide bonds. The number of nitrogens with one attached hydrogen (secondary N) is 1. The summed E-state index contributed by atoms with van der Waals surface area (Å²) in [4.78, 5) is 24.3. The van der Waals surface area contributed by atoms with Crippen molar-refractivity contribution in [3.05, 3.63) is 71.1 Å². The lowest BCUT2D eigenvalue weighted by Crippen LogP contribution is -2.34. The first-order valence-corrected chi connectivity index (χ1v) is 10.9. The highest BCUT2D eigenvalue weighted by atomic mass is 32.1. The van der Waals surface area contributed by atoms with E-state index in [1.807, 2.05) is 6.07 Å². The highest BCUT2D eigenvalue weighted by Crippen LogP contribution is 2.50. The second-order valence-electron chi connectivity index (χ2n) is 7.93. The maximum absolute atomic E-state index is 13.0. The number of thiophene rings is 1. The number of benzene rings is 1. The third kappa shape index (κ3) is 2.56. The molecule has 1 fully saturated rings. The first kappa shape index (κ1) is 17.6. The minimum absolute atomic E-state index is 0.0285. The van der Waals surface area contributed by atoms with Crippen molar-refractivity contribution >= 4 is 33.3 Å². The molecule has 0 saturated carbocycles. The van der Waals surface area contributed by atoms with Gasteiger partial charge in [-0.3, -0.25) is 9.48 Å². The van der Waals surface area contributed by atoms with E-state index in [1.54, 1.807) is 41.7 Å². The van der Waals surface area contributed by atoms with Crippen LogP contribution in [0.25, 0.3) is 10.2 Å². The number of aromatic nitrogens is 4. The number of carbonyl (C=O) groups is 1. The summed E-state index contributed by atoms with van der Waals surface area (Å²) in [7, 11) is 1.79. The molecule has 8 heteroatoms. The SMILES string of the molecule is Cn1nccc1C(=O)N[C@@H]1c2ccccc2[C@@H]2CN(c3ncnc4ccsc34)C[C@H]12. The van der Waals surface area contributed by atoms with Gasteiger partial charge >= 0.3 is 0 Å². The molecule has 0 bridgehead atoms. The van der Waals surface area contributed by atoms with Crippen LogP contribution in [0.2, 0.25) is 0 Å². The monoisotopic (exact) mass is 416 g/mol. The lowest BCUT2D eigenvalue weighted by molar-refractivity contribution is 0.0916. The molecule has 6 rings (SSSR count). The molecule has 4 aromatic rings. The highest BCUT2D eigenvalue weighted by molar-refractivity contribution is 7.17. The van der Waals surface area contributed by atoms with E-state index in [4.69, 9.17) is 0 Å². The molecule has 1 aliphatic carbocycles. The molecule has 1 saturated heterocycles. The molecule has 0 spiro atoms. The normalized spacial score (nSPS) is 22.3. The van der Waals surface area contributed by atoms with E-state index < -0.39 is 0 Å². The van der Waals surface area contributed by atoms with Gasteiger partial charge in [0.25, 0.3) is 5.91 Å². The zero-order chi connectivity index (χ0) is 20.2. The van der Waals surface area contributed by atoms with E-state index in [-0.39, 0.29) is 11.9 Å². The van der Waals surface area contributed by atoms with Crippen molar-refractivity contribution in [2.45, 2.75) is 12.0 Å². The van der Waals surface area contributed by atoms with Crippen LogP contribution in [0.5, 0.6) is 0 Å². The molecule has 0 radical (unpaired) electrons. The highest BCUT2D eigenvalue weighted by Gasteiger charge is 2.47. The predicted molar refractivity (Wildman–Crippen MR) is 116 cm³/mol. The van der Waals surface area contributed by atoms with Crippen molar-refractivity contribution in [3.63, 3.8) is 0 Å². The summed E-state index contributed by atoms with van der Waals surface area (Å²) in [5, 5.41) is 9.49. The van der Waals surface area contributed by atoms with E-state index >= 15 is 0 Å². The van der Waals surface area contributed by atoms with Crippen LogP contribution in [0, 0.1) is 5.92 Å². The molecule has 0 unspecified atom stereocenters. The van der Waals surface area contributed by atoms with Gasteiger partial charge in [-0.05, 0) is 28.6 Å². The first-order chi connectivity index (χ1) is 14.7. The third-order valence-corrected chi connectivity index (χ3v) is 7.29. The van der Waals surface area contributed by atoms with Crippen LogP contribution in [0.15, 0.2) is 54.3 Å². The summed E-state index contributed by atoms with van der Waals surface area (Å²) in [5.74, 6) is 1.57. The van der Waals surface area contributed by atoms with Crippen LogP contribution >= 0.6 is 11.3 Å². The van der Waals surface area contributed by atoms with Crippen molar-refractivity contribution < 1.29 is 4.79 Å². The Morgan fingerprint density at radius 1 is 1.13 bits per heavy atom. The lowest BCUT2D eigenvalue weighted by atomic mass is 9.94. The molecule has 1 N–H and O–H groups in total. The van der Waals surface area contributed by atoms with Gasteiger partial charge in [0.1, 0.15) is 17.8 Å². The Labute approximate surface area is 177 Å².